The van der Waals surface area contributed by atoms with Crippen molar-refractivity contribution in [1.82, 2.24) is 9.97 Å². The monoisotopic (exact) mass is 251 g/mol. The van der Waals surface area contributed by atoms with Crippen LogP contribution in [0.3, 0.4) is 0 Å². The van der Waals surface area contributed by atoms with Gasteiger partial charge in [-0.15, -0.1) is 0 Å². The molecule has 3 rings (SSSR count). The van der Waals surface area contributed by atoms with Crippen LogP contribution in [0.2, 0.25) is 0 Å². The number of para-hydroxylation sites is 1. The predicted octanol–water partition coefficient (Wildman–Crippen LogP) is 2.79. The summed E-state index contributed by atoms with van der Waals surface area (Å²) in [4.78, 5) is 8.54. The van der Waals surface area contributed by atoms with Crippen molar-refractivity contribution in [2.24, 2.45) is 0 Å². The number of anilines is 1. The van der Waals surface area contributed by atoms with Crippen molar-refractivity contribution in [2.75, 3.05) is 5.73 Å². The van der Waals surface area contributed by atoms with Gasteiger partial charge in [0.1, 0.15) is 23.7 Å². The lowest BCUT2D eigenvalue weighted by Crippen LogP contribution is -2.01. The van der Waals surface area contributed by atoms with Gasteiger partial charge in [0, 0.05) is 11.6 Å². The van der Waals surface area contributed by atoms with E-state index < -0.39 is 0 Å². The first-order chi connectivity index (χ1) is 9.33. The molecule has 0 saturated heterocycles. The average Bonchev–Trinajstić information content (AvgIpc) is 2.45. The van der Waals surface area contributed by atoms with E-state index in [9.17, 15) is 0 Å². The fourth-order valence-corrected chi connectivity index (χ4v) is 1.92. The second kappa shape index (κ2) is 4.94. The molecule has 0 aliphatic heterocycles. The van der Waals surface area contributed by atoms with Gasteiger partial charge in [0.15, 0.2) is 0 Å². The quantitative estimate of drug-likeness (QED) is 0.777. The van der Waals surface area contributed by atoms with Crippen molar-refractivity contribution in [1.29, 1.82) is 0 Å². The minimum absolute atomic E-state index is 0.376. The van der Waals surface area contributed by atoms with E-state index in [0.29, 0.717) is 12.4 Å². The highest BCUT2D eigenvalue weighted by Gasteiger charge is 2.03. The third-order valence-electron chi connectivity index (χ3n) is 2.80. The lowest BCUT2D eigenvalue weighted by Gasteiger charge is -2.08. The third-order valence-corrected chi connectivity index (χ3v) is 2.80. The maximum absolute atomic E-state index is 5.78. The van der Waals surface area contributed by atoms with Gasteiger partial charge in [0.05, 0.1) is 5.69 Å². The minimum Gasteiger partial charge on any atom is -0.485 e. The summed E-state index contributed by atoms with van der Waals surface area (Å²) in [6.07, 6.45) is 1.76. The second-order valence-corrected chi connectivity index (χ2v) is 4.17. The summed E-state index contributed by atoms with van der Waals surface area (Å²) in [5, 5.41) is 1.06. The largest absolute Gasteiger partial charge is 0.485 e. The summed E-state index contributed by atoms with van der Waals surface area (Å²) in [5.41, 5.74) is 7.29. The van der Waals surface area contributed by atoms with Gasteiger partial charge in [-0.3, -0.25) is 4.98 Å². The van der Waals surface area contributed by atoms with E-state index in [-0.39, 0.29) is 0 Å². The number of nitrogens with two attached hydrogens (primary N) is 1. The Morgan fingerprint density at radius 2 is 1.84 bits per heavy atom. The molecule has 1 aromatic carbocycles. The summed E-state index contributed by atoms with van der Waals surface area (Å²) < 4.78 is 5.78. The molecule has 0 fully saturated rings. The number of nitrogens with zero attached hydrogens (tertiary/aromatic N) is 2. The first-order valence-electron chi connectivity index (χ1n) is 6.01. The van der Waals surface area contributed by atoms with Crippen molar-refractivity contribution in [3.05, 3.63) is 60.4 Å². The van der Waals surface area contributed by atoms with Crippen molar-refractivity contribution in [3.8, 4) is 5.75 Å². The molecule has 0 aliphatic rings. The average molecular weight is 251 g/mol. The number of fused-ring (bicyclic) bond motifs is 1. The van der Waals surface area contributed by atoms with E-state index in [2.05, 4.69) is 9.97 Å². The maximum atomic E-state index is 5.78. The summed E-state index contributed by atoms with van der Waals surface area (Å²) in [6.45, 7) is 0.376. The second-order valence-electron chi connectivity index (χ2n) is 4.17. The zero-order chi connectivity index (χ0) is 13.1. The zero-order valence-electron chi connectivity index (χ0n) is 10.3. The Morgan fingerprint density at radius 3 is 2.74 bits per heavy atom. The molecule has 2 aromatic heterocycles. The van der Waals surface area contributed by atoms with Crippen LogP contribution in [0.1, 0.15) is 5.69 Å². The number of ether oxygens (including phenoxy) is 1. The van der Waals surface area contributed by atoms with E-state index in [4.69, 9.17) is 10.5 Å². The van der Waals surface area contributed by atoms with Crippen LogP contribution in [0.4, 0.5) is 5.82 Å². The van der Waals surface area contributed by atoms with E-state index in [0.717, 1.165) is 22.3 Å². The van der Waals surface area contributed by atoms with Crippen LogP contribution < -0.4 is 10.5 Å². The van der Waals surface area contributed by atoms with Crippen molar-refractivity contribution in [3.63, 3.8) is 0 Å². The number of rotatable bonds is 3. The molecule has 0 spiro atoms. The molecule has 19 heavy (non-hydrogen) atoms. The topological polar surface area (TPSA) is 61.0 Å². The minimum atomic E-state index is 0.376. The van der Waals surface area contributed by atoms with Gasteiger partial charge in [0.2, 0.25) is 0 Å². The first-order valence-corrected chi connectivity index (χ1v) is 6.01. The highest BCUT2D eigenvalue weighted by Crippen LogP contribution is 2.23. The highest BCUT2D eigenvalue weighted by atomic mass is 16.5. The Bertz CT molecular complexity index is 707. The van der Waals surface area contributed by atoms with E-state index >= 15 is 0 Å². The summed E-state index contributed by atoms with van der Waals surface area (Å²) in [6, 6.07) is 15.3. The molecule has 2 N–H and O–H groups in total. The van der Waals surface area contributed by atoms with Crippen LogP contribution in [-0.2, 0) is 6.61 Å². The predicted molar refractivity (Wildman–Crippen MR) is 74.7 cm³/mol. The van der Waals surface area contributed by atoms with Crippen molar-refractivity contribution >= 4 is 16.7 Å². The summed E-state index contributed by atoms with van der Waals surface area (Å²) >= 11 is 0. The number of hydrogen-bond acceptors (Lipinski definition) is 4. The van der Waals surface area contributed by atoms with E-state index in [1.807, 2.05) is 42.5 Å². The summed E-state index contributed by atoms with van der Waals surface area (Å²) in [5.74, 6) is 1.25. The third kappa shape index (κ3) is 2.47. The SMILES string of the molecule is Nc1cccc(COc2cccc3cccnc23)n1. The van der Waals surface area contributed by atoms with Gasteiger partial charge in [-0.1, -0.05) is 24.3 Å². The Balaban J connectivity index is 1.86. The van der Waals surface area contributed by atoms with Gasteiger partial charge in [-0.2, -0.15) is 0 Å². The lowest BCUT2D eigenvalue weighted by atomic mass is 10.2. The van der Waals surface area contributed by atoms with Crippen molar-refractivity contribution < 1.29 is 4.74 Å². The molecule has 0 saturated carbocycles. The van der Waals surface area contributed by atoms with Gasteiger partial charge in [-0.05, 0) is 24.3 Å². The molecular weight excluding hydrogens is 238 g/mol. The van der Waals surface area contributed by atoms with Crippen LogP contribution in [-0.4, -0.2) is 9.97 Å². The molecular formula is C15H13N3O. The molecule has 0 atom stereocenters. The molecule has 3 aromatic rings. The number of aromatic nitrogens is 2. The molecule has 0 aliphatic carbocycles. The number of pyridine rings is 2. The molecule has 0 unspecified atom stereocenters. The number of hydrogen-bond donors (Lipinski definition) is 1. The van der Waals surface area contributed by atoms with E-state index in [1.165, 1.54) is 0 Å². The van der Waals surface area contributed by atoms with Gasteiger partial charge in [0.25, 0.3) is 0 Å². The van der Waals surface area contributed by atoms with Crippen LogP contribution >= 0.6 is 0 Å². The highest BCUT2D eigenvalue weighted by molar-refractivity contribution is 5.84. The fourth-order valence-electron chi connectivity index (χ4n) is 1.92. The Kier molecular flexibility index (Phi) is 2.98. The standard InChI is InChI=1S/C15H13N3O/c16-14-8-2-6-12(18-14)10-19-13-7-1-4-11-5-3-9-17-15(11)13/h1-9H,10H2,(H2,16,18). The van der Waals surface area contributed by atoms with Crippen LogP contribution in [0.5, 0.6) is 5.75 Å². The molecule has 0 radical (unpaired) electrons. The van der Waals surface area contributed by atoms with E-state index in [1.54, 1.807) is 12.3 Å². The molecule has 4 nitrogen and oxygen atoms in total. The lowest BCUT2D eigenvalue weighted by molar-refractivity contribution is 0.304. The molecule has 0 amide bonds. The molecule has 4 heteroatoms. The Labute approximate surface area is 110 Å². The molecule has 94 valence electrons. The normalized spacial score (nSPS) is 10.5. The number of benzene rings is 1. The summed E-state index contributed by atoms with van der Waals surface area (Å²) in [7, 11) is 0. The number of nitrogen functional groups attached to an aromatic ring is 1. The van der Waals surface area contributed by atoms with Gasteiger partial charge >= 0.3 is 0 Å². The smallest absolute Gasteiger partial charge is 0.146 e. The molecule has 2 heterocycles. The maximum Gasteiger partial charge on any atom is 0.146 e. The van der Waals surface area contributed by atoms with Gasteiger partial charge < -0.3 is 10.5 Å². The van der Waals surface area contributed by atoms with Gasteiger partial charge in [-0.25, -0.2) is 4.98 Å². The van der Waals surface area contributed by atoms with Crippen LogP contribution in [0.25, 0.3) is 10.9 Å². The van der Waals surface area contributed by atoms with Crippen LogP contribution in [0, 0.1) is 0 Å². The fraction of sp³-hybridized carbons (Fsp3) is 0.0667. The van der Waals surface area contributed by atoms with Crippen molar-refractivity contribution in [2.45, 2.75) is 6.61 Å². The Hall–Kier alpha value is -2.62. The van der Waals surface area contributed by atoms with Crippen LogP contribution in [0.15, 0.2) is 54.7 Å². The zero-order valence-corrected chi connectivity index (χ0v) is 10.3. The first kappa shape index (κ1) is 11.5. The molecule has 0 bridgehead atoms. The Morgan fingerprint density at radius 1 is 1.00 bits per heavy atom.